The fourth-order valence-corrected chi connectivity index (χ4v) is 4.44. The number of fused-ring (bicyclic) bond motifs is 1. The Morgan fingerprint density at radius 2 is 1.83 bits per heavy atom. The van der Waals surface area contributed by atoms with Crippen LogP contribution in [-0.4, -0.2) is 54.1 Å². The molecule has 3 rings (SSSR count). The largest absolute Gasteiger partial charge is 0.392 e. The van der Waals surface area contributed by atoms with Crippen LogP contribution in [0, 0.1) is 0 Å². The lowest BCUT2D eigenvalue weighted by molar-refractivity contribution is 0.199. The predicted octanol–water partition coefficient (Wildman–Crippen LogP) is 3.08. The van der Waals surface area contributed by atoms with Gasteiger partial charge in [-0.05, 0) is 43.7 Å². The number of aliphatic hydroxyl groups is 1. The molecule has 162 valence electrons. The van der Waals surface area contributed by atoms with Crippen LogP contribution in [0.2, 0.25) is 0 Å². The van der Waals surface area contributed by atoms with Gasteiger partial charge in [-0.3, -0.25) is 0 Å². The van der Waals surface area contributed by atoms with E-state index < -0.39 is 16.1 Å². The molecule has 0 aliphatic heterocycles. The maximum absolute atomic E-state index is 12.5. The summed E-state index contributed by atoms with van der Waals surface area (Å²) < 4.78 is 28.4. The highest BCUT2D eigenvalue weighted by Gasteiger charge is 2.21. The molecule has 0 saturated carbocycles. The molecule has 1 heterocycles. The molecule has 0 spiro atoms. The first kappa shape index (κ1) is 22.3. The number of benzene rings is 2. The molecule has 30 heavy (non-hydrogen) atoms. The van der Waals surface area contributed by atoms with Gasteiger partial charge >= 0.3 is 0 Å². The zero-order valence-electron chi connectivity index (χ0n) is 18.0. The first-order valence-electron chi connectivity index (χ1n) is 10.1. The van der Waals surface area contributed by atoms with E-state index in [2.05, 4.69) is 16.4 Å². The smallest absolute Gasteiger partial charge is 0.242 e. The second-order valence-electron chi connectivity index (χ2n) is 7.68. The van der Waals surface area contributed by atoms with E-state index in [1.54, 1.807) is 19.1 Å². The summed E-state index contributed by atoms with van der Waals surface area (Å²) in [6.07, 6.45) is 0.434. The van der Waals surface area contributed by atoms with Crippen molar-refractivity contribution < 1.29 is 13.5 Å². The molecule has 1 aromatic heterocycles. The number of para-hydroxylation sites is 1. The number of hydrogen-bond donors (Lipinski definition) is 1. The van der Waals surface area contributed by atoms with Gasteiger partial charge in [0.25, 0.3) is 0 Å². The summed E-state index contributed by atoms with van der Waals surface area (Å²) in [5.41, 5.74) is 2.57. The van der Waals surface area contributed by atoms with E-state index >= 15 is 0 Å². The van der Waals surface area contributed by atoms with Crippen LogP contribution >= 0.6 is 0 Å². The van der Waals surface area contributed by atoms with Crippen molar-refractivity contribution in [3.63, 3.8) is 0 Å². The molecule has 0 amide bonds. The van der Waals surface area contributed by atoms with Crippen LogP contribution in [-0.2, 0) is 23.1 Å². The topological polar surface area (TPSA) is 78.7 Å². The third-order valence-corrected chi connectivity index (χ3v) is 6.77. The average Bonchev–Trinajstić information content (AvgIpc) is 3.04. The third-order valence-electron chi connectivity index (χ3n) is 4.96. The van der Waals surface area contributed by atoms with Gasteiger partial charge in [0.2, 0.25) is 10.0 Å². The van der Waals surface area contributed by atoms with Crippen LogP contribution in [0.1, 0.15) is 26.1 Å². The van der Waals surface area contributed by atoms with Gasteiger partial charge < -0.3 is 14.6 Å². The summed E-state index contributed by atoms with van der Waals surface area (Å²) in [6.45, 7) is 5.64. The molecular formula is C22H30N4O3S. The lowest BCUT2D eigenvalue weighted by Gasteiger charge is -2.26. The van der Waals surface area contributed by atoms with Crippen molar-refractivity contribution in [2.45, 2.75) is 44.4 Å². The monoisotopic (exact) mass is 430 g/mol. The standard InChI is InChI=1S/C22H30N4O3S/c1-5-13-26-21-12-11-19(30(28,29)24(3)4)14-20(21)23-22(26)16-25(15-17(2)27)18-9-7-6-8-10-18/h6-12,14,17,27H,5,13,15-16H2,1-4H3. The van der Waals surface area contributed by atoms with Crippen LogP contribution < -0.4 is 4.90 Å². The normalized spacial score (nSPS) is 13.1. The molecular weight excluding hydrogens is 400 g/mol. The van der Waals surface area contributed by atoms with E-state index in [0.717, 1.165) is 30.0 Å². The van der Waals surface area contributed by atoms with Gasteiger partial charge in [0, 0.05) is 32.9 Å². The summed E-state index contributed by atoms with van der Waals surface area (Å²) in [5.74, 6) is 0.843. The summed E-state index contributed by atoms with van der Waals surface area (Å²) in [4.78, 5) is 7.12. The molecule has 7 nitrogen and oxygen atoms in total. The predicted molar refractivity (Wildman–Crippen MR) is 120 cm³/mol. The molecule has 0 bridgehead atoms. The highest BCUT2D eigenvalue weighted by molar-refractivity contribution is 7.89. The number of aliphatic hydroxyl groups excluding tert-OH is 1. The van der Waals surface area contributed by atoms with Gasteiger partial charge in [0.1, 0.15) is 5.82 Å². The third kappa shape index (κ3) is 4.66. The number of rotatable bonds is 9. The second kappa shape index (κ2) is 9.16. The van der Waals surface area contributed by atoms with Crippen molar-refractivity contribution in [3.05, 3.63) is 54.4 Å². The Kier molecular flexibility index (Phi) is 6.80. The minimum atomic E-state index is -3.53. The Bertz CT molecular complexity index is 1090. The second-order valence-corrected chi connectivity index (χ2v) is 9.83. The van der Waals surface area contributed by atoms with Crippen molar-refractivity contribution in [2.75, 3.05) is 25.5 Å². The van der Waals surface area contributed by atoms with Crippen LogP contribution in [0.4, 0.5) is 5.69 Å². The maximum Gasteiger partial charge on any atom is 0.242 e. The molecule has 0 saturated heterocycles. The highest BCUT2D eigenvalue weighted by Crippen LogP contribution is 2.24. The Labute approximate surface area is 178 Å². The fraction of sp³-hybridized carbons (Fsp3) is 0.409. The Hall–Kier alpha value is -2.42. The molecule has 0 aliphatic carbocycles. The molecule has 1 atom stereocenters. The number of anilines is 1. The lowest BCUT2D eigenvalue weighted by Crippen LogP contribution is -2.31. The molecule has 1 unspecified atom stereocenters. The first-order valence-corrected chi connectivity index (χ1v) is 11.6. The summed E-state index contributed by atoms with van der Waals surface area (Å²) in [5, 5.41) is 10.0. The van der Waals surface area contributed by atoms with Crippen molar-refractivity contribution in [3.8, 4) is 0 Å². The minimum absolute atomic E-state index is 0.233. The van der Waals surface area contributed by atoms with E-state index in [4.69, 9.17) is 4.98 Å². The van der Waals surface area contributed by atoms with Crippen LogP contribution in [0.5, 0.6) is 0 Å². The van der Waals surface area contributed by atoms with Gasteiger partial charge in [0.05, 0.1) is 28.6 Å². The Morgan fingerprint density at radius 3 is 2.43 bits per heavy atom. The van der Waals surface area contributed by atoms with Gasteiger partial charge in [0.15, 0.2) is 0 Å². The van der Waals surface area contributed by atoms with E-state index in [1.165, 1.54) is 18.4 Å². The Morgan fingerprint density at radius 1 is 1.13 bits per heavy atom. The van der Waals surface area contributed by atoms with Crippen molar-refractivity contribution >= 4 is 26.7 Å². The highest BCUT2D eigenvalue weighted by atomic mass is 32.2. The van der Waals surface area contributed by atoms with Crippen molar-refractivity contribution in [2.24, 2.45) is 0 Å². The molecule has 3 aromatic rings. The number of nitrogens with zero attached hydrogens (tertiary/aromatic N) is 4. The van der Waals surface area contributed by atoms with E-state index in [9.17, 15) is 13.5 Å². The van der Waals surface area contributed by atoms with Crippen molar-refractivity contribution in [1.82, 2.24) is 13.9 Å². The average molecular weight is 431 g/mol. The van der Waals surface area contributed by atoms with Gasteiger partial charge in [-0.1, -0.05) is 25.1 Å². The summed E-state index contributed by atoms with van der Waals surface area (Å²) in [7, 11) is -0.481. The molecule has 1 N–H and O–H groups in total. The maximum atomic E-state index is 12.5. The quantitative estimate of drug-likeness (QED) is 0.564. The van der Waals surface area contributed by atoms with Crippen LogP contribution in [0.25, 0.3) is 11.0 Å². The van der Waals surface area contributed by atoms with Gasteiger partial charge in [-0.15, -0.1) is 0 Å². The van der Waals surface area contributed by atoms with E-state index in [1.807, 2.05) is 36.4 Å². The van der Waals surface area contributed by atoms with Gasteiger partial charge in [-0.25, -0.2) is 17.7 Å². The zero-order chi connectivity index (χ0) is 21.9. The minimum Gasteiger partial charge on any atom is -0.392 e. The number of aryl methyl sites for hydroxylation is 1. The molecule has 0 aliphatic rings. The van der Waals surface area contributed by atoms with E-state index in [0.29, 0.717) is 18.6 Å². The van der Waals surface area contributed by atoms with Crippen LogP contribution in [0.15, 0.2) is 53.4 Å². The number of imidazole rings is 1. The lowest BCUT2D eigenvalue weighted by atomic mass is 10.2. The zero-order valence-corrected chi connectivity index (χ0v) is 18.8. The molecule has 0 radical (unpaired) electrons. The summed E-state index contributed by atoms with van der Waals surface area (Å²) >= 11 is 0. The number of sulfonamides is 1. The molecule has 0 fully saturated rings. The summed E-state index contributed by atoms with van der Waals surface area (Å²) in [6, 6.07) is 15.0. The van der Waals surface area contributed by atoms with Gasteiger partial charge in [-0.2, -0.15) is 0 Å². The SMILES string of the molecule is CCCn1c(CN(CC(C)O)c2ccccc2)nc2cc(S(=O)(=O)N(C)C)ccc21. The molecule has 8 heteroatoms. The first-order chi connectivity index (χ1) is 14.2. The number of hydrogen-bond acceptors (Lipinski definition) is 5. The van der Waals surface area contributed by atoms with Crippen LogP contribution in [0.3, 0.4) is 0 Å². The number of aromatic nitrogens is 2. The molecule has 2 aromatic carbocycles. The van der Waals surface area contributed by atoms with E-state index in [-0.39, 0.29) is 4.90 Å². The Balaban J connectivity index is 2.06. The van der Waals surface area contributed by atoms with Crippen molar-refractivity contribution in [1.29, 1.82) is 0 Å². The fourth-order valence-electron chi connectivity index (χ4n) is 3.51.